The SMILES string of the molecule is CCCCOc1c(F)cc(-c2nc(N)nc(N)c2C#N)cc1F. The highest BCUT2D eigenvalue weighted by Crippen LogP contribution is 2.31. The van der Waals surface area contributed by atoms with E-state index in [1.807, 2.05) is 6.92 Å². The summed E-state index contributed by atoms with van der Waals surface area (Å²) in [6.45, 7) is 2.15. The topological polar surface area (TPSA) is 111 Å². The lowest BCUT2D eigenvalue weighted by Gasteiger charge is -2.11. The van der Waals surface area contributed by atoms with E-state index in [4.69, 9.17) is 21.5 Å². The van der Waals surface area contributed by atoms with Crippen molar-refractivity contribution < 1.29 is 13.5 Å². The van der Waals surface area contributed by atoms with Crippen molar-refractivity contribution in [2.75, 3.05) is 18.1 Å². The number of aromatic nitrogens is 2. The molecule has 0 unspecified atom stereocenters. The molecule has 0 bridgehead atoms. The molecule has 0 aliphatic rings. The second kappa shape index (κ2) is 6.87. The van der Waals surface area contributed by atoms with E-state index in [0.717, 1.165) is 18.6 Å². The molecule has 6 nitrogen and oxygen atoms in total. The zero-order valence-electron chi connectivity index (χ0n) is 12.4. The van der Waals surface area contributed by atoms with Gasteiger partial charge in [-0.25, -0.2) is 13.8 Å². The second-order valence-electron chi connectivity index (χ2n) is 4.77. The zero-order valence-corrected chi connectivity index (χ0v) is 12.4. The van der Waals surface area contributed by atoms with Gasteiger partial charge in [0.25, 0.3) is 0 Å². The highest BCUT2D eigenvalue weighted by molar-refractivity contribution is 5.73. The van der Waals surface area contributed by atoms with Gasteiger partial charge in [0.2, 0.25) is 5.95 Å². The maximum Gasteiger partial charge on any atom is 0.222 e. The molecule has 2 rings (SSSR count). The van der Waals surface area contributed by atoms with Crippen LogP contribution in [0, 0.1) is 23.0 Å². The smallest absolute Gasteiger partial charge is 0.222 e. The fraction of sp³-hybridized carbons (Fsp3) is 0.267. The molecule has 0 spiro atoms. The number of ether oxygens (including phenoxy) is 1. The van der Waals surface area contributed by atoms with Gasteiger partial charge in [-0.2, -0.15) is 10.2 Å². The minimum atomic E-state index is -0.893. The number of nitrogens with zero attached hydrogens (tertiary/aromatic N) is 3. The van der Waals surface area contributed by atoms with Crippen LogP contribution in [0.4, 0.5) is 20.5 Å². The van der Waals surface area contributed by atoms with Gasteiger partial charge >= 0.3 is 0 Å². The molecular weight excluding hydrogens is 304 g/mol. The summed E-state index contributed by atoms with van der Waals surface area (Å²) >= 11 is 0. The monoisotopic (exact) mass is 319 g/mol. The Morgan fingerprint density at radius 1 is 1.22 bits per heavy atom. The highest BCUT2D eigenvalue weighted by atomic mass is 19.1. The first-order valence-electron chi connectivity index (χ1n) is 6.93. The second-order valence-corrected chi connectivity index (χ2v) is 4.77. The van der Waals surface area contributed by atoms with Crippen LogP contribution < -0.4 is 16.2 Å². The molecule has 4 N–H and O–H groups in total. The van der Waals surface area contributed by atoms with Crippen molar-refractivity contribution in [1.29, 1.82) is 5.26 Å². The summed E-state index contributed by atoms with van der Waals surface area (Å²) in [6, 6.07) is 3.84. The molecule has 120 valence electrons. The van der Waals surface area contributed by atoms with Gasteiger partial charge in [0.15, 0.2) is 17.4 Å². The van der Waals surface area contributed by atoms with Crippen molar-refractivity contribution in [3.63, 3.8) is 0 Å². The lowest BCUT2D eigenvalue weighted by atomic mass is 10.1. The first-order valence-corrected chi connectivity index (χ1v) is 6.93. The molecule has 0 saturated carbocycles. The van der Waals surface area contributed by atoms with Crippen molar-refractivity contribution in [2.45, 2.75) is 19.8 Å². The van der Waals surface area contributed by atoms with Crippen LogP contribution in [0.3, 0.4) is 0 Å². The van der Waals surface area contributed by atoms with E-state index in [-0.39, 0.29) is 35.2 Å². The highest BCUT2D eigenvalue weighted by Gasteiger charge is 2.18. The van der Waals surface area contributed by atoms with Gasteiger partial charge in [0, 0.05) is 5.56 Å². The first kappa shape index (κ1) is 16.4. The number of rotatable bonds is 5. The number of halogens is 2. The first-order chi connectivity index (χ1) is 11.0. The Hall–Kier alpha value is -2.95. The molecule has 0 radical (unpaired) electrons. The molecule has 23 heavy (non-hydrogen) atoms. The summed E-state index contributed by atoms with van der Waals surface area (Å²) in [4.78, 5) is 7.51. The number of anilines is 2. The van der Waals surface area contributed by atoms with Gasteiger partial charge in [0.1, 0.15) is 17.5 Å². The van der Waals surface area contributed by atoms with Crippen LogP contribution in [-0.4, -0.2) is 16.6 Å². The van der Waals surface area contributed by atoms with Crippen LogP contribution in [0.15, 0.2) is 12.1 Å². The molecule has 1 aromatic carbocycles. The minimum Gasteiger partial charge on any atom is -0.488 e. The average Bonchev–Trinajstić information content (AvgIpc) is 2.49. The summed E-state index contributed by atoms with van der Waals surface area (Å²) in [6.07, 6.45) is 1.52. The van der Waals surface area contributed by atoms with Crippen LogP contribution in [0.1, 0.15) is 25.3 Å². The standard InChI is InChI=1S/C15H15F2N5O/c1-2-3-4-23-13-10(16)5-8(6-11(13)17)12-9(7-18)14(19)22-15(20)21-12/h5-6H,2-4H2,1H3,(H4,19,20,21,22). The Morgan fingerprint density at radius 2 is 1.87 bits per heavy atom. The van der Waals surface area contributed by atoms with Crippen molar-refractivity contribution in [2.24, 2.45) is 0 Å². The van der Waals surface area contributed by atoms with Crippen molar-refractivity contribution in [3.05, 3.63) is 29.3 Å². The van der Waals surface area contributed by atoms with E-state index in [9.17, 15) is 8.78 Å². The summed E-state index contributed by atoms with van der Waals surface area (Å²) < 4.78 is 33.3. The molecule has 0 fully saturated rings. The quantitative estimate of drug-likeness (QED) is 0.820. The molecule has 1 heterocycles. The number of benzene rings is 1. The molecule has 0 saturated heterocycles. The van der Waals surface area contributed by atoms with Gasteiger partial charge in [-0.05, 0) is 18.6 Å². The zero-order chi connectivity index (χ0) is 17.0. The van der Waals surface area contributed by atoms with Gasteiger partial charge in [-0.15, -0.1) is 0 Å². The molecule has 0 atom stereocenters. The maximum atomic E-state index is 14.1. The summed E-state index contributed by atoms with van der Waals surface area (Å²) in [7, 11) is 0. The number of nitriles is 1. The fourth-order valence-electron chi connectivity index (χ4n) is 1.97. The largest absolute Gasteiger partial charge is 0.488 e. The van der Waals surface area contributed by atoms with E-state index < -0.39 is 17.4 Å². The summed E-state index contributed by atoms with van der Waals surface area (Å²) in [5.74, 6) is -2.60. The van der Waals surface area contributed by atoms with Crippen LogP contribution in [0.25, 0.3) is 11.3 Å². The molecular formula is C15H15F2N5O. The van der Waals surface area contributed by atoms with Gasteiger partial charge < -0.3 is 16.2 Å². The van der Waals surface area contributed by atoms with Crippen molar-refractivity contribution in [1.82, 2.24) is 9.97 Å². The van der Waals surface area contributed by atoms with E-state index in [2.05, 4.69) is 9.97 Å². The van der Waals surface area contributed by atoms with Gasteiger partial charge in [-0.3, -0.25) is 0 Å². The lowest BCUT2D eigenvalue weighted by Crippen LogP contribution is -2.06. The van der Waals surface area contributed by atoms with E-state index >= 15 is 0 Å². The number of hydrogen-bond donors (Lipinski definition) is 2. The third-order valence-electron chi connectivity index (χ3n) is 3.08. The predicted molar refractivity (Wildman–Crippen MR) is 81.3 cm³/mol. The van der Waals surface area contributed by atoms with E-state index in [0.29, 0.717) is 6.42 Å². The average molecular weight is 319 g/mol. The molecule has 0 aliphatic heterocycles. The van der Waals surface area contributed by atoms with Gasteiger partial charge in [-0.1, -0.05) is 13.3 Å². The lowest BCUT2D eigenvalue weighted by molar-refractivity contribution is 0.279. The maximum absolute atomic E-state index is 14.1. The normalized spacial score (nSPS) is 10.3. The Kier molecular flexibility index (Phi) is 4.91. The summed E-state index contributed by atoms with van der Waals surface area (Å²) in [5, 5.41) is 9.12. The van der Waals surface area contributed by atoms with Gasteiger partial charge in [0.05, 0.1) is 12.3 Å². The number of nitrogen functional groups attached to an aromatic ring is 2. The Bertz CT molecular complexity index is 750. The molecule has 0 aliphatic carbocycles. The molecule has 2 aromatic rings. The number of unbranched alkanes of at least 4 members (excludes halogenated alkanes) is 1. The predicted octanol–water partition coefficient (Wildman–Crippen LogP) is 2.64. The molecule has 1 aromatic heterocycles. The molecule has 8 heteroatoms. The third kappa shape index (κ3) is 3.45. The van der Waals surface area contributed by atoms with Crippen molar-refractivity contribution >= 4 is 11.8 Å². The minimum absolute atomic E-state index is 0.0280. The summed E-state index contributed by atoms with van der Waals surface area (Å²) in [5.41, 5.74) is 11.0. The Morgan fingerprint density at radius 3 is 2.43 bits per heavy atom. The van der Waals surface area contributed by atoms with Crippen LogP contribution in [0.2, 0.25) is 0 Å². The fourth-order valence-corrected chi connectivity index (χ4v) is 1.97. The Balaban J connectivity index is 2.49. The van der Waals surface area contributed by atoms with Crippen molar-refractivity contribution in [3.8, 4) is 23.1 Å². The molecule has 0 amide bonds. The number of nitrogens with two attached hydrogens (primary N) is 2. The van der Waals surface area contributed by atoms with Crippen LogP contribution in [-0.2, 0) is 0 Å². The third-order valence-corrected chi connectivity index (χ3v) is 3.08. The van der Waals surface area contributed by atoms with Crippen LogP contribution >= 0.6 is 0 Å². The van der Waals surface area contributed by atoms with Crippen LogP contribution in [0.5, 0.6) is 5.75 Å². The Labute approximate surface area is 131 Å². The number of hydrogen-bond acceptors (Lipinski definition) is 6. The van der Waals surface area contributed by atoms with E-state index in [1.54, 1.807) is 6.07 Å². The van der Waals surface area contributed by atoms with E-state index in [1.165, 1.54) is 0 Å².